The first-order valence-corrected chi connectivity index (χ1v) is 11.6. The van der Waals surface area contributed by atoms with Gasteiger partial charge < -0.3 is 19.5 Å². The average Bonchev–Trinajstić information content (AvgIpc) is 3.18. The number of carbonyl (C=O) groups excluding carboxylic acids is 2. The summed E-state index contributed by atoms with van der Waals surface area (Å²) in [4.78, 5) is 38.9. The first-order valence-electron chi connectivity index (χ1n) is 11.6. The summed E-state index contributed by atoms with van der Waals surface area (Å²) in [5.41, 5.74) is 4.43. The van der Waals surface area contributed by atoms with Crippen molar-refractivity contribution < 1.29 is 29.0 Å². The van der Waals surface area contributed by atoms with Crippen LogP contribution in [0.25, 0.3) is 11.1 Å². The van der Waals surface area contributed by atoms with Crippen LogP contribution in [-0.4, -0.2) is 73.0 Å². The molecule has 0 saturated carbocycles. The van der Waals surface area contributed by atoms with Gasteiger partial charge in [-0.05, 0) is 41.5 Å². The van der Waals surface area contributed by atoms with E-state index in [0.29, 0.717) is 19.4 Å². The normalized spacial score (nSPS) is 12.7. The van der Waals surface area contributed by atoms with E-state index in [4.69, 9.17) is 9.47 Å². The van der Waals surface area contributed by atoms with Crippen molar-refractivity contribution in [1.82, 2.24) is 9.80 Å². The molecule has 0 bridgehead atoms. The van der Waals surface area contributed by atoms with Crippen molar-refractivity contribution in [2.75, 3.05) is 33.9 Å². The number of carbonyl (C=O) groups is 3. The van der Waals surface area contributed by atoms with Gasteiger partial charge in [-0.25, -0.2) is 14.4 Å². The van der Waals surface area contributed by atoms with Crippen molar-refractivity contribution >= 4 is 18.2 Å². The van der Waals surface area contributed by atoms with Crippen LogP contribution in [0.1, 0.15) is 36.3 Å². The van der Waals surface area contributed by atoms with Crippen LogP contribution in [0, 0.1) is 0 Å². The molecule has 0 spiro atoms. The van der Waals surface area contributed by atoms with Gasteiger partial charge in [-0.1, -0.05) is 61.2 Å². The van der Waals surface area contributed by atoms with Gasteiger partial charge in [0.25, 0.3) is 0 Å². The Morgan fingerprint density at radius 2 is 1.57 bits per heavy atom. The van der Waals surface area contributed by atoms with Crippen LogP contribution in [0.5, 0.6) is 0 Å². The van der Waals surface area contributed by atoms with Crippen LogP contribution in [0.4, 0.5) is 9.59 Å². The zero-order valence-electron chi connectivity index (χ0n) is 20.2. The smallest absolute Gasteiger partial charge is 0.410 e. The predicted octanol–water partition coefficient (Wildman–Crippen LogP) is 4.75. The van der Waals surface area contributed by atoms with Crippen molar-refractivity contribution in [3.8, 4) is 11.1 Å². The molecule has 0 saturated heterocycles. The Morgan fingerprint density at radius 1 is 0.971 bits per heavy atom. The van der Waals surface area contributed by atoms with E-state index in [1.807, 2.05) is 36.4 Å². The fourth-order valence-electron chi connectivity index (χ4n) is 4.32. The first-order chi connectivity index (χ1) is 16.8. The van der Waals surface area contributed by atoms with Gasteiger partial charge in [0.1, 0.15) is 19.3 Å². The van der Waals surface area contributed by atoms with E-state index in [-0.39, 0.29) is 25.6 Å². The minimum absolute atomic E-state index is 0.0978. The van der Waals surface area contributed by atoms with Gasteiger partial charge in [0.05, 0.1) is 0 Å². The Balaban J connectivity index is 1.53. The number of unbranched alkanes of at least 4 members (excludes halogenated alkanes) is 1. The molecule has 0 aliphatic heterocycles. The number of fused-ring (bicyclic) bond motifs is 3. The van der Waals surface area contributed by atoms with Crippen molar-refractivity contribution in [3.63, 3.8) is 0 Å². The van der Waals surface area contributed by atoms with Gasteiger partial charge in [-0.15, -0.1) is 0 Å². The number of carboxylic acid groups (broad SMARTS) is 1. The number of rotatable bonds is 11. The van der Waals surface area contributed by atoms with Gasteiger partial charge in [-0.2, -0.15) is 0 Å². The highest BCUT2D eigenvalue weighted by Crippen LogP contribution is 2.44. The maximum Gasteiger partial charge on any atom is 0.410 e. The molecule has 8 nitrogen and oxygen atoms in total. The summed E-state index contributed by atoms with van der Waals surface area (Å²) < 4.78 is 10.5. The molecule has 0 radical (unpaired) electrons. The summed E-state index contributed by atoms with van der Waals surface area (Å²) in [5, 5.41) is 9.68. The van der Waals surface area contributed by atoms with E-state index in [1.165, 1.54) is 18.0 Å². The second kappa shape index (κ2) is 12.1. The predicted molar refractivity (Wildman–Crippen MR) is 132 cm³/mol. The maximum atomic E-state index is 12.8. The lowest BCUT2D eigenvalue weighted by Gasteiger charge is -2.25. The molecule has 1 aliphatic rings. The van der Waals surface area contributed by atoms with Gasteiger partial charge in [0.15, 0.2) is 0 Å². The Morgan fingerprint density at radius 3 is 2.14 bits per heavy atom. The minimum Gasteiger partial charge on any atom is -0.480 e. The largest absolute Gasteiger partial charge is 0.480 e. The molecule has 1 aliphatic carbocycles. The van der Waals surface area contributed by atoms with Crippen LogP contribution >= 0.6 is 0 Å². The molecule has 0 aromatic heterocycles. The monoisotopic (exact) mass is 480 g/mol. The number of aliphatic carboxylic acids is 1. The summed E-state index contributed by atoms with van der Waals surface area (Å²) in [6, 6.07) is 15.0. The summed E-state index contributed by atoms with van der Waals surface area (Å²) >= 11 is 0. The number of hydrogen-bond donors (Lipinski definition) is 1. The van der Waals surface area contributed by atoms with E-state index in [1.54, 1.807) is 7.05 Å². The fraction of sp³-hybridized carbons (Fsp3) is 0.370. The summed E-state index contributed by atoms with van der Waals surface area (Å²) in [6.45, 7) is 4.17. The summed E-state index contributed by atoms with van der Waals surface area (Å²) in [5.74, 6) is -1.20. The molecule has 8 heteroatoms. The lowest BCUT2D eigenvalue weighted by Crippen LogP contribution is -2.43. The molecule has 35 heavy (non-hydrogen) atoms. The summed E-state index contributed by atoms with van der Waals surface area (Å²) in [7, 11) is 3.05. The number of likely N-dealkylation sites (N-methyl/N-ethyl adjacent to an activating group) is 1. The first kappa shape index (κ1) is 25.8. The number of ether oxygens (including phenoxy) is 2. The number of benzene rings is 2. The zero-order chi connectivity index (χ0) is 25.4. The summed E-state index contributed by atoms with van der Waals surface area (Å²) in [6.07, 6.45) is 1.67. The second-order valence-corrected chi connectivity index (χ2v) is 8.55. The van der Waals surface area contributed by atoms with Gasteiger partial charge in [0, 0.05) is 26.6 Å². The van der Waals surface area contributed by atoms with Crippen LogP contribution in [0.3, 0.4) is 0 Å². The Kier molecular flexibility index (Phi) is 8.89. The highest BCUT2D eigenvalue weighted by molar-refractivity contribution is 5.81. The second-order valence-electron chi connectivity index (χ2n) is 8.55. The standard InChI is InChI=1S/C27H32N2O6/c1-4-17-34-26(32)28(2)16-10-9-15-24(25(30)31)29(3)27(33)35-18-23-21-13-7-5-11-19(21)20-12-6-8-14-22(20)23/h4-8,11-14,23-24H,1,9-10,15-18H2,2-3H3,(H,30,31)/t24-/m0/s1. The third-order valence-electron chi connectivity index (χ3n) is 6.23. The van der Waals surface area contributed by atoms with Crippen LogP contribution < -0.4 is 0 Å². The van der Waals surface area contributed by atoms with Crippen molar-refractivity contribution in [1.29, 1.82) is 0 Å². The van der Waals surface area contributed by atoms with E-state index in [9.17, 15) is 19.5 Å². The van der Waals surface area contributed by atoms with Gasteiger partial charge in [-0.3, -0.25) is 4.90 Å². The molecule has 3 rings (SSSR count). The lowest BCUT2D eigenvalue weighted by molar-refractivity contribution is -0.142. The highest BCUT2D eigenvalue weighted by Gasteiger charge is 2.31. The highest BCUT2D eigenvalue weighted by atomic mass is 16.6. The van der Waals surface area contributed by atoms with Gasteiger partial charge >= 0.3 is 18.2 Å². The van der Waals surface area contributed by atoms with Gasteiger partial charge in [0.2, 0.25) is 0 Å². The topological polar surface area (TPSA) is 96.4 Å². The van der Waals surface area contributed by atoms with Crippen LogP contribution in [0.2, 0.25) is 0 Å². The maximum absolute atomic E-state index is 12.8. The van der Waals surface area contributed by atoms with Crippen molar-refractivity contribution in [2.24, 2.45) is 0 Å². The quantitative estimate of drug-likeness (QED) is 0.368. The average molecular weight is 481 g/mol. The fourth-order valence-corrected chi connectivity index (χ4v) is 4.32. The van der Waals surface area contributed by atoms with Crippen molar-refractivity contribution in [2.45, 2.75) is 31.2 Å². The Labute approximate surface area is 205 Å². The van der Waals surface area contributed by atoms with E-state index >= 15 is 0 Å². The molecule has 0 fully saturated rings. The molecule has 186 valence electrons. The number of nitrogens with zero attached hydrogens (tertiary/aromatic N) is 2. The molecule has 1 N–H and O–H groups in total. The minimum atomic E-state index is -1.10. The molecule has 1 atom stereocenters. The number of hydrogen-bond acceptors (Lipinski definition) is 5. The Bertz CT molecular complexity index is 1020. The molecule has 2 amide bonds. The number of carboxylic acids is 1. The third-order valence-corrected chi connectivity index (χ3v) is 6.23. The molecule has 2 aromatic rings. The SMILES string of the molecule is C=CCOC(=O)N(C)CCCC[C@@H](C(=O)O)N(C)C(=O)OCC1c2ccccc2-c2ccccc21. The number of amides is 2. The van der Waals surface area contributed by atoms with Crippen LogP contribution in [0.15, 0.2) is 61.2 Å². The van der Waals surface area contributed by atoms with Crippen molar-refractivity contribution in [3.05, 3.63) is 72.3 Å². The van der Waals surface area contributed by atoms with Crippen LogP contribution in [-0.2, 0) is 14.3 Å². The molecule has 0 unspecified atom stereocenters. The van der Waals surface area contributed by atoms with E-state index < -0.39 is 24.2 Å². The molecular weight excluding hydrogens is 448 g/mol. The molecular formula is C27H32N2O6. The lowest BCUT2D eigenvalue weighted by atomic mass is 9.98. The zero-order valence-corrected chi connectivity index (χ0v) is 20.2. The van der Waals surface area contributed by atoms with E-state index in [0.717, 1.165) is 27.2 Å². The molecule has 2 aromatic carbocycles. The Hall–Kier alpha value is -3.81. The van der Waals surface area contributed by atoms with E-state index in [2.05, 4.69) is 18.7 Å². The molecule has 0 heterocycles. The third kappa shape index (κ3) is 6.20.